The molecule has 0 radical (unpaired) electrons. The van der Waals surface area contributed by atoms with Crippen LogP contribution in [0, 0.1) is 0 Å². The second-order valence-electron chi connectivity index (χ2n) is 25.0. The zero-order valence-corrected chi connectivity index (χ0v) is 56.3. The summed E-state index contributed by atoms with van der Waals surface area (Å²) in [7, 11) is 0. The topological polar surface area (TPSA) is 228 Å². The molecule has 0 aliphatic carbocycles. The van der Waals surface area contributed by atoms with E-state index < -0.39 is 86.8 Å². The second kappa shape index (κ2) is 59.4. The first-order valence-electron chi connectivity index (χ1n) is 36.1. The molecule has 2 rings (SSSR count). The molecule has 0 spiro atoms. The number of allylic oxidation sites excluding steroid dienone is 17. The van der Waals surface area contributed by atoms with E-state index in [4.69, 9.17) is 18.9 Å². The highest BCUT2D eigenvalue weighted by molar-refractivity contribution is 5.76. The van der Waals surface area contributed by atoms with Crippen LogP contribution >= 0.6 is 0 Å². The van der Waals surface area contributed by atoms with Crippen molar-refractivity contribution in [2.45, 2.75) is 344 Å². The van der Waals surface area contributed by atoms with Crippen LogP contribution in [0.25, 0.3) is 0 Å². The number of ether oxygens (including phenoxy) is 4. The van der Waals surface area contributed by atoms with Gasteiger partial charge < -0.3 is 65.1 Å². The minimum absolute atomic E-state index is 0.250. The van der Waals surface area contributed by atoms with E-state index >= 15 is 0 Å². The van der Waals surface area contributed by atoms with Crippen molar-refractivity contribution in [3.8, 4) is 0 Å². The number of rotatable bonds is 58. The normalized spacial score (nSPS) is 23.6. The number of hydrogen-bond acceptors (Lipinski definition) is 13. The Morgan fingerprint density at radius 1 is 0.411 bits per heavy atom. The van der Waals surface area contributed by atoms with Gasteiger partial charge in [-0.1, -0.05) is 284 Å². The average Bonchev–Trinajstić information content (AvgIpc) is 1.04. The summed E-state index contributed by atoms with van der Waals surface area (Å²) in [6.45, 7) is 2.68. The van der Waals surface area contributed by atoms with Crippen LogP contribution in [0.15, 0.2) is 109 Å². The largest absolute Gasteiger partial charge is 0.394 e. The highest BCUT2D eigenvalue weighted by Gasteiger charge is 2.51. The molecule has 2 heterocycles. The smallest absolute Gasteiger partial charge is 0.220 e. The van der Waals surface area contributed by atoms with E-state index in [1.807, 2.05) is 6.08 Å². The van der Waals surface area contributed by atoms with Gasteiger partial charge in [0.15, 0.2) is 12.6 Å². The maximum Gasteiger partial charge on any atom is 0.220 e. The lowest BCUT2D eigenvalue weighted by Gasteiger charge is -2.46. The van der Waals surface area contributed by atoms with Gasteiger partial charge in [-0.25, -0.2) is 0 Å². The highest BCUT2D eigenvalue weighted by Crippen LogP contribution is 2.30. The lowest BCUT2D eigenvalue weighted by Crippen LogP contribution is -2.65. The van der Waals surface area contributed by atoms with Crippen molar-refractivity contribution in [1.29, 1.82) is 0 Å². The summed E-state index contributed by atoms with van der Waals surface area (Å²) in [5.41, 5.74) is 0. The van der Waals surface area contributed by atoms with Crippen molar-refractivity contribution in [3.05, 3.63) is 109 Å². The summed E-state index contributed by atoms with van der Waals surface area (Å²) in [4.78, 5) is 13.3. The number of hydrogen-bond donors (Lipinski definition) is 9. The van der Waals surface area contributed by atoms with Crippen molar-refractivity contribution < 1.29 is 64.6 Å². The van der Waals surface area contributed by atoms with E-state index in [2.05, 4.69) is 116 Å². The van der Waals surface area contributed by atoms with Crippen LogP contribution in [0.3, 0.4) is 0 Å². The van der Waals surface area contributed by atoms with Crippen molar-refractivity contribution in [1.82, 2.24) is 5.32 Å². The Hall–Kier alpha value is -3.35. The number of amides is 1. The Labute approximate surface area is 546 Å². The molecule has 14 heteroatoms. The van der Waals surface area contributed by atoms with Gasteiger partial charge in [-0.15, -0.1) is 0 Å². The van der Waals surface area contributed by atoms with Crippen LogP contribution in [0.2, 0.25) is 0 Å². The third-order valence-electron chi connectivity index (χ3n) is 16.9. The van der Waals surface area contributed by atoms with Crippen LogP contribution in [-0.4, -0.2) is 140 Å². The van der Waals surface area contributed by atoms with Crippen LogP contribution in [0.5, 0.6) is 0 Å². The molecule has 9 N–H and O–H groups in total. The molecule has 12 atom stereocenters. The lowest BCUT2D eigenvalue weighted by atomic mass is 9.97. The molecular weight excluding hydrogens is 1130 g/mol. The third-order valence-corrected chi connectivity index (χ3v) is 16.9. The molecule has 14 nitrogen and oxygen atoms in total. The number of aliphatic hydroxyl groups is 8. The van der Waals surface area contributed by atoms with E-state index in [9.17, 15) is 45.6 Å². The molecule has 2 saturated heterocycles. The summed E-state index contributed by atoms with van der Waals surface area (Å²) < 4.78 is 22.8. The van der Waals surface area contributed by atoms with Gasteiger partial charge in [0.25, 0.3) is 0 Å². The Balaban J connectivity index is 1.61. The second-order valence-corrected chi connectivity index (χ2v) is 25.0. The molecule has 2 fully saturated rings. The van der Waals surface area contributed by atoms with Crippen LogP contribution in [-0.2, 0) is 23.7 Å². The van der Waals surface area contributed by atoms with Gasteiger partial charge >= 0.3 is 0 Å². The van der Waals surface area contributed by atoms with Gasteiger partial charge in [0, 0.05) is 6.42 Å². The van der Waals surface area contributed by atoms with Gasteiger partial charge in [0.1, 0.15) is 48.8 Å². The van der Waals surface area contributed by atoms with Gasteiger partial charge in [-0.2, -0.15) is 0 Å². The predicted molar refractivity (Wildman–Crippen MR) is 369 cm³/mol. The van der Waals surface area contributed by atoms with Crippen molar-refractivity contribution in [2.75, 3.05) is 19.8 Å². The van der Waals surface area contributed by atoms with Crippen molar-refractivity contribution in [3.63, 3.8) is 0 Å². The Morgan fingerprint density at radius 2 is 0.778 bits per heavy atom. The fourth-order valence-corrected chi connectivity index (χ4v) is 11.2. The van der Waals surface area contributed by atoms with Gasteiger partial charge in [-0.05, 0) is 89.9 Å². The lowest BCUT2D eigenvalue weighted by molar-refractivity contribution is -0.359. The molecule has 90 heavy (non-hydrogen) atoms. The number of nitrogens with one attached hydrogen (secondary N) is 1. The molecule has 518 valence electrons. The monoisotopic (exact) mass is 1270 g/mol. The molecule has 1 amide bonds. The van der Waals surface area contributed by atoms with Crippen LogP contribution in [0.4, 0.5) is 0 Å². The minimum atomic E-state index is -1.79. The van der Waals surface area contributed by atoms with Crippen molar-refractivity contribution >= 4 is 5.91 Å². The quantitative estimate of drug-likeness (QED) is 0.0204. The fourth-order valence-electron chi connectivity index (χ4n) is 11.2. The summed E-state index contributed by atoms with van der Waals surface area (Å²) in [6, 6.07) is -0.936. The summed E-state index contributed by atoms with van der Waals surface area (Å²) in [5.74, 6) is -0.250. The van der Waals surface area contributed by atoms with Gasteiger partial charge in [0.05, 0.1) is 32.0 Å². The number of unbranched alkanes of at least 4 members (excludes halogenated alkanes) is 29. The molecular formula is C76H131NO13. The first kappa shape index (κ1) is 82.7. The van der Waals surface area contributed by atoms with E-state index in [1.54, 1.807) is 6.08 Å². The summed E-state index contributed by atoms with van der Waals surface area (Å²) >= 11 is 0. The Morgan fingerprint density at radius 3 is 1.22 bits per heavy atom. The molecule has 12 unspecified atom stereocenters. The Kier molecular flexibility index (Phi) is 54.6. The van der Waals surface area contributed by atoms with Gasteiger partial charge in [0.2, 0.25) is 5.91 Å². The standard InChI is InChI=1S/C76H131NO13/c1-3-5-7-9-11-13-15-17-19-21-22-23-24-25-26-27-28-29-30-31-32-33-34-35-36-37-38-39-40-41-42-44-46-48-50-52-54-56-58-60-68(81)77-64(65(80)59-57-55-53-51-49-47-45-43-20-18-16-14-12-10-8-6-4-2)63-87-75-73(86)71(84)74(67(62-79)89-75)90-76-72(85)70(83)69(82)66(61-78)88-76/h5,7,11,13,17,19,22-23,25-26,28-29,31-32,49,51,57,59,64-67,69-76,78-80,82-86H,3-4,6,8-10,12,14-16,18,20-21,24,27,30,33-48,50,52-56,58,60-63H2,1-2H3,(H,77,81)/b7-5-,13-11-,19-17-,23-22-,26-25-,29-28-,32-31-,51-49+,59-57+. The predicted octanol–water partition coefficient (Wildman–Crippen LogP) is 15.1. The van der Waals surface area contributed by atoms with E-state index in [-0.39, 0.29) is 18.9 Å². The molecule has 0 aromatic rings. The molecule has 2 aliphatic heterocycles. The maximum atomic E-state index is 13.3. The molecule has 0 aromatic carbocycles. The molecule has 0 aromatic heterocycles. The average molecular weight is 1270 g/mol. The number of carbonyl (C=O) groups is 1. The van der Waals surface area contributed by atoms with E-state index in [0.29, 0.717) is 12.8 Å². The minimum Gasteiger partial charge on any atom is -0.394 e. The van der Waals surface area contributed by atoms with Crippen molar-refractivity contribution in [2.24, 2.45) is 0 Å². The zero-order valence-electron chi connectivity index (χ0n) is 56.3. The maximum absolute atomic E-state index is 13.3. The molecule has 0 saturated carbocycles. The Bertz CT molecular complexity index is 1930. The van der Waals surface area contributed by atoms with E-state index in [0.717, 1.165) is 77.0 Å². The van der Waals surface area contributed by atoms with Crippen LogP contribution < -0.4 is 5.32 Å². The number of aliphatic hydroxyl groups excluding tert-OH is 8. The summed E-state index contributed by atoms with van der Waals surface area (Å²) in [6.07, 6.45) is 68.7. The first-order chi connectivity index (χ1) is 44.1. The first-order valence-corrected chi connectivity index (χ1v) is 36.1. The van der Waals surface area contributed by atoms with Crippen LogP contribution in [0.1, 0.15) is 271 Å². The molecule has 0 bridgehead atoms. The highest BCUT2D eigenvalue weighted by atomic mass is 16.7. The SMILES string of the molecule is CC/C=C\C/C=C\C/C=C\C/C=C\C/C=C\C/C=C\C/C=C\CCCCCCCCCCCCCCCCCCCC(=O)NC(COC1OC(CO)C(OC2OC(CO)C(O)C(O)C2O)C(O)C1O)C(O)/C=C/CC/C=C/CCCCCCCCCCCCC. The van der Waals surface area contributed by atoms with E-state index in [1.165, 1.54) is 161 Å². The summed E-state index contributed by atoms with van der Waals surface area (Å²) in [5, 5.41) is 87.3. The van der Waals surface area contributed by atoms with Gasteiger partial charge in [-0.3, -0.25) is 4.79 Å². The molecule has 2 aliphatic rings. The third kappa shape index (κ3) is 42.8. The zero-order chi connectivity index (χ0) is 65.2. The fraction of sp³-hybridized carbons (Fsp3) is 0.750. The number of carbonyl (C=O) groups excluding carboxylic acids is 1.